The number of hydrogen-bond donors (Lipinski definition) is 1. The summed E-state index contributed by atoms with van der Waals surface area (Å²) in [5.74, 6) is 1.44. The van der Waals surface area contributed by atoms with Gasteiger partial charge in [-0.05, 0) is 44.4 Å². The van der Waals surface area contributed by atoms with E-state index < -0.39 is 0 Å². The Hall–Kier alpha value is -2.54. The van der Waals surface area contributed by atoms with E-state index in [1.54, 1.807) is 12.4 Å². The summed E-state index contributed by atoms with van der Waals surface area (Å²) in [5.41, 5.74) is 2.46. The first-order valence-corrected chi connectivity index (χ1v) is 9.96. The van der Waals surface area contributed by atoms with Crippen LogP contribution in [0, 0.1) is 25.7 Å². The lowest BCUT2D eigenvalue weighted by atomic mass is 9.73. The predicted octanol–water partition coefficient (Wildman–Crippen LogP) is 1.90. The van der Waals surface area contributed by atoms with Crippen molar-refractivity contribution in [2.24, 2.45) is 11.8 Å². The van der Waals surface area contributed by atoms with Gasteiger partial charge in [0.1, 0.15) is 0 Å². The Labute approximate surface area is 164 Å². The summed E-state index contributed by atoms with van der Waals surface area (Å²) in [6.07, 6.45) is 7.57. The fraction of sp³-hybridized carbons (Fsp3) is 0.524. The third-order valence-corrected chi connectivity index (χ3v) is 6.48. The van der Waals surface area contributed by atoms with Crippen molar-refractivity contribution in [3.63, 3.8) is 0 Å². The van der Waals surface area contributed by atoms with Gasteiger partial charge in [-0.1, -0.05) is 0 Å². The van der Waals surface area contributed by atoms with Crippen molar-refractivity contribution in [3.05, 3.63) is 47.5 Å². The molecule has 0 aromatic carbocycles. The van der Waals surface area contributed by atoms with Gasteiger partial charge in [-0.3, -0.25) is 9.78 Å². The highest BCUT2D eigenvalue weighted by molar-refractivity contribution is 5.94. The first kappa shape index (κ1) is 17.6. The van der Waals surface area contributed by atoms with Crippen LogP contribution in [0.5, 0.6) is 0 Å². The molecule has 4 atom stereocenters. The Balaban J connectivity index is 1.30. The summed E-state index contributed by atoms with van der Waals surface area (Å²) in [6.45, 7) is 6.28. The fourth-order valence-corrected chi connectivity index (χ4v) is 5.20. The number of pyridine rings is 1. The van der Waals surface area contributed by atoms with Crippen molar-refractivity contribution < 1.29 is 9.53 Å². The van der Waals surface area contributed by atoms with Crippen LogP contribution < -0.4 is 10.2 Å². The molecule has 7 nitrogen and oxygen atoms in total. The number of hydrogen-bond acceptors (Lipinski definition) is 6. The molecule has 28 heavy (non-hydrogen) atoms. The van der Waals surface area contributed by atoms with Crippen LogP contribution in [0.15, 0.2) is 30.7 Å². The second-order valence-electron chi connectivity index (χ2n) is 8.37. The summed E-state index contributed by atoms with van der Waals surface area (Å²) in [5, 5.41) is 3.12. The molecule has 2 aromatic heterocycles. The van der Waals surface area contributed by atoms with E-state index in [0.717, 1.165) is 43.1 Å². The minimum atomic E-state index is -0.113. The van der Waals surface area contributed by atoms with E-state index in [1.165, 1.54) is 0 Å². The first-order valence-electron chi connectivity index (χ1n) is 9.96. The lowest BCUT2D eigenvalue weighted by Gasteiger charge is -2.29. The summed E-state index contributed by atoms with van der Waals surface area (Å²) in [7, 11) is 0. The molecule has 5 heterocycles. The lowest BCUT2D eigenvalue weighted by Crippen LogP contribution is -2.41. The van der Waals surface area contributed by atoms with E-state index in [0.29, 0.717) is 23.9 Å². The minimum absolute atomic E-state index is 0.0649. The quantitative estimate of drug-likeness (QED) is 0.874. The summed E-state index contributed by atoms with van der Waals surface area (Å²) >= 11 is 0. The number of aromatic nitrogens is 3. The van der Waals surface area contributed by atoms with Gasteiger partial charge in [0.2, 0.25) is 5.95 Å². The van der Waals surface area contributed by atoms with Crippen molar-refractivity contribution in [3.8, 4) is 0 Å². The van der Waals surface area contributed by atoms with E-state index in [4.69, 9.17) is 4.74 Å². The number of nitrogens with one attached hydrogen (secondary N) is 1. The number of carbonyl (C=O) groups is 1. The molecular weight excluding hydrogens is 354 g/mol. The van der Waals surface area contributed by atoms with Crippen LogP contribution in [0.1, 0.15) is 34.5 Å². The van der Waals surface area contributed by atoms with E-state index >= 15 is 0 Å². The highest BCUT2D eigenvalue weighted by atomic mass is 16.5. The lowest BCUT2D eigenvalue weighted by molar-refractivity contribution is 0.0141. The normalized spacial score (nSPS) is 30.5. The smallest absolute Gasteiger partial charge is 0.252 e. The number of nitrogens with zero attached hydrogens (tertiary/aromatic N) is 4. The molecule has 3 fully saturated rings. The molecule has 3 aliphatic heterocycles. The van der Waals surface area contributed by atoms with Gasteiger partial charge >= 0.3 is 0 Å². The zero-order valence-corrected chi connectivity index (χ0v) is 16.3. The van der Waals surface area contributed by atoms with Gasteiger partial charge < -0.3 is 15.0 Å². The molecule has 0 aliphatic carbocycles. The van der Waals surface area contributed by atoms with Crippen LogP contribution >= 0.6 is 0 Å². The molecule has 1 N–H and O–H groups in total. The van der Waals surface area contributed by atoms with E-state index in [-0.39, 0.29) is 17.6 Å². The Morgan fingerprint density at radius 3 is 3.11 bits per heavy atom. The number of rotatable bonds is 4. The topological polar surface area (TPSA) is 80.2 Å². The molecule has 0 saturated carbocycles. The van der Waals surface area contributed by atoms with Crippen LogP contribution in [0.3, 0.4) is 0 Å². The number of aryl methyl sites for hydroxylation is 2. The number of ether oxygens (including phenoxy) is 1. The molecule has 0 unspecified atom stereocenters. The highest BCUT2D eigenvalue weighted by Gasteiger charge is 2.63. The van der Waals surface area contributed by atoms with Gasteiger partial charge in [0.15, 0.2) is 0 Å². The van der Waals surface area contributed by atoms with Crippen LogP contribution in [0.4, 0.5) is 5.95 Å². The van der Waals surface area contributed by atoms with Crippen molar-refractivity contribution in [1.82, 2.24) is 20.3 Å². The first-order chi connectivity index (χ1) is 13.5. The van der Waals surface area contributed by atoms with Crippen molar-refractivity contribution in [2.45, 2.75) is 38.4 Å². The van der Waals surface area contributed by atoms with Crippen molar-refractivity contribution >= 4 is 11.9 Å². The summed E-state index contributed by atoms with van der Waals surface area (Å²) < 4.78 is 6.47. The molecule has 7 heteroatoms. The number of amides is 1. The fourth-order valence-electron chi connectivity index (χ4n) is 5.20. The second kappa shape index (κ2) is 6.51. The maximum absolute atomic E-state index is 12.6. The van der Waals surface area contributed by atoms with Crippen LogP contribution in [-0.2, 0) is 4.74 Å². The molecule has 2 bridgehead atoms. The van der Waals surface area contributed by atoms with Crippen LogP contribution in [-0.4, -0.2) is 52.2 Å². The van der Waals surface area contributed by atoms with E-state index in [9.17, 15) is 4.79 Å². The minimum Gasteiger partial charge on any atom is -0.369 e. The van der Waals surface area contributed by atoms with Gasteiger partial charge in [0.05, 0.1) is 23.8 Å². The Morgan fingerprint density at radius 1 is 1.39 bits per heavy atom. The van der Waals surface area contributed by atoms with Crippen LogP contribution in [0.2, 0.25) is 0 Å². The van der Waals surface area contributed by atoms with Gasteiger partial charge in [0, 0.05) is 49.2 Å². The maximum Gasteiger partial charge on any atom is 0.252 e. The monoisotopic (exact) mass is 379 g/mol. The Morgan fingerprint density at radius 2 is 2.29 bits per heavy atom. The maximum atomic E-state index is 12.6. The van der Waals surface area contributed by atoms with Gasteiger partial charge in [-0.2, -0.15) is 0 Å². The molecule has 3 saturated heterocycles. The Kier molecular flexibility index (Phi) is 4.08. The molecule has 0 radical (unpaired) electrons. The summed E-state index contributed by atoms with van der Waals surface area (Å²) in [4.78, 5) is 28.0. The zero-order chi connectivity index (χ0) is 19.3. The number of anilines is 1. The van der Waals surface area contributed by atoms with Crippen LogP contribution in [0.25, 0.3) is 0 Å². The van der Waals surface area contributed by atoms with Gasteiger partial charge in [-0.15, -0.1) is 0 Å². The third kappa shape index (κ3) is 2.85. The highest BCUT2D eigenvalue weighted by Crippen LogP contribution is 2.54. The standard InChI is InChI=1S/C21H25N5O2/c1-13-7-15(9-22-8-13)19(27)24-10-16-17-11-26(20-23-6-4-14(2)25-20)12-21(17)5-3-18(16)28-21/h4,6-9,16-18H,3,5,10-12H2,1-2H3,(H,24,27)/t16-,17+,18+,21+/m0/s1. The largest absolute Gasteiger partial charge is 0.369 e. The number of fused-ring (bicyclic) bond motifs is 1. The average molecular weight is 379 g/mol. The molecule has 3 aliphatic rings. The summed E-state index contributed by atoms with van der Waals surface area (Å²) in [6, 6.07) is 3.78. The predicted molar refractivity (Wildman–Crippen MR) is 104 cm³/mol. The molecular formula is C21H25N5O2. The average Bonchev–Trinajstić information content (AvgIpc) is 3.34. The molecule has 146 valence electrons. The van der Waals surface area contributed by atoms with Crippen molar-refractivity contribution in [1.29, 1.82) is 0 Å². The zero-order valence-electron chi connectivity index (χ0n) is 16.3. The van der Waals surface area contributed by atoms with Gasteiger partial charge in [0.25, 0.3) is 5.91 Å². The van der Waals surface area contributed by atoms with E-state index in [1.807, 2.05) is 32.2 Å². The number of carbonyl (C=O) groups excluding carboxylic acids is 1. The Bertz CT molecular complexity index is 919. The third-order valence-electron chi connectivity index (χ3n) is 6.48. The molecule has 1 amide bonds. The SMILES string of the molecule is Cc1cncc(C(=O)NC[C@H]2[C@H]3CN(c4nccc(C)n4)C[C@]34CC[C@H]2O4)c1. The second-order valence-corrected chi connectivity index (χ2v) is 8.37. The molecule has 5 rings (SSSR count). The van der Waals surface area contributed by atoms with Crippen molar-refractivity contribution in [2.75, 3.05) is 24.5 Å². The van der Waals surface area contributed by atoms with Gasteiger partial charge in [-0.25, -0.2) is 9.97 Å². The molecule has 2 aromatic rings. The van der Waals surface area contributed by atoms with E-state index in [2.05, 4.69) is 25.2 Å². The molecule has 1 spiro atoms.